The maximum Gasteiger partial charge on any atom is 0.138 e. The van der Waals surface area contributed by atoms with E-state index in [2.05, 4.69) is 4.98 Å². The minimum atomic E-state index is 0.291. The molecule has 0 saturated heterocycles. The van der Waals surface area contributed by atoms with Crippen molar-refractivity contribution in [3.8, 4) is 5.75 Å². The third-order valence-corrected chi connectivity index (χ3v) is 3.06. The summed E-state index contributed by atoms with van der Waals surface area (Å²) in [5.41, 5.74) is 6.72. The van der Waals surface area contributed by atoms with Gasteiger partial charge in [-0.05, 0) is 44.9 Å². The number of nitrogens with zero attached hydrogens (tertiary/aromatic N) is 1. The fourth-order valence-corrected chi connectivity index (χ4v) is 2.13. The highest BCUT2D eigenvalue weighted by molar-refractivity contribution is 5.19. The molecule has 1 heterocycles. The minimum Gasteiger partial charge on any atom is -0.488 e. The molecular formula is C12H18N2O. The van der Waals surface area contributed by atoms with Gasteiger partial charge in [0, 0.05) is 11.6 Å². The Labute approximate surface area is 90.7 Å². The summed E-state index contributed by atoms with van der Waals surface area (Å²) in [6.07, 6.45) is 5.63. The Morgan fingerprint density at radius 3 is 3.00 bits per heavy atom. The molecule has 2 rings (SSSR count). The molecule has 0 amide bonds. The second-order valence-corrected chi connectivity index (χ2v) is 4.22. The lowest BCUT2D eigenvalue weighted by Gasteiger charge is -2.19. The summed E-state index contributed by atoms with van der Waals surface area (Å²) < 4.78 is 5.89. The molecule has 0 aliphatic heterocycles. The van der Waals surface area contributed by atoms with E-state index in [0.717, 1.165) is 24.4 Å². The fourth-order valence-electron chi connectivity index (χ4n) is 2.13. The van der Waals surface area contributed by atoms with Gasteiger partial charge >= 0.3 is 0 Å². The number of hydrogen-bond acceptors (Lipinski definition) is 3. The average molecular weight is 206 g/mol. The fraction of sp³-hybridized carbons (Fsp3) is 0.583. The summed E-state index contributed by atoms with van der Waals surface area (Å²) in [4.78, 5) is 4.22. The van der Waals surface area contributed by atoms with Gasteiger partial charge in [-0.1, -0.05) is 0 Å². The van der Waals surface area contributed by atoms with Crippen LogP contribution in [0.5, 0.6) is 5.75 Å². The van der Waals surface area contributed by atoms with Crippen LogP contribution in [0, 0.1) is 12.8 Å². The van der Waals surface area contributed by atoms with Crippen molar-refractivity contribution in [3.05, 3.63) is 24.0 Å². The molecule has 1 aliphatic carbocycles. The molecule has 1 aromatic heterocycles. The zero-order chi connectivity index (χ0) is 10.7. The normalized spacial score (nSPS) is 25.5. The molecule has 2 atom stereocenters. The first-order valence-electron chi connectivity index (χ1n) is 5.59. The van der Waals surface area contributed by atoms with E-state index >= 15 is 0 Å². The van der Waals surface area contributed by atoms with Crippen molar-refractivity contribution in [2.45, 2.75) is 32.3 Å². The Kier molecular flexibility index (Phi) is 3.21. The van der Waals surface area contributed by atoms with E-state index in [0.29, 0.717) is 12.0 Å². The zero-order valence-corrected chi connectivity index (χ0v) is 9.15. The zero-order valence-electron chi connectivity index (χ0n) is 9.15. The van der Waals surface area contributed by atoms with Gasteiger partial charge in [-0.25, -0.2) is 0 Å². The van der Waals surface area contributed by atoms with Gasteiger partial charge in [-0.3, -0.25) is 4.98 Å². The third kappa shape index (κ3) is 2.48. The largest absolute Gasteiger partial charge is 0.488 e. The van der Waals surface area contributed by atoms with Crippen LogP contribution in [0.15, 0.2) is 18.3 Å². The van der Waals surface area contributed by atoms with E-state index in [-0.39, 0.29) is 0 Å². The molecule has 82 valence electrons. The lowest BCUT2D eigenvalue weighted by atomic mass is 10.1. The SMILES string of the molecule is Cc1ccc(OC2CCCC2CN)cn1. The van der Waals surface area contributed by atoms with Gasteiger partial charge in [0.25, 0.3) is 0 Å². The molecule has 1 aromatic rings. The van der Waals surface area contributed by atoms with Gasteiger partial charge in [0.1, 0.15) is 11.9 Å². The third-order valence-electron chi connectivity index (χ3n) is 3.06. The number of ether oxygens (including phenoxy) is 1. The number of rotatable bonds is 3. The summed E-state index contributed by atoms with van der Waals surface area (Å²) in [7, 11) is 0. The topological polar surface area (TPSA) is 48.1 Å². The van der Waals surface area contributed by atoms with Crippen molar-refractivity contribution in [1.82, 2.24) is 4.98 Å². The molecule has 1 aliphatic rings. The number of aryl methyl sites for hydroxylation is 1. The molecule has 2 N–H and O–H groups in total. The summed E-state index contributed by atoms with van der Waals surface area (Å²) in [5.74, 6) is 1.39. The highest BCUT2D eigenvalue weighted by atomic mass is 16.5. The van der Waals surface area contributed by atoms with Gasteiger partial charge in [0.15, 0.2) is 0 Å². The van der Waals surface area contributed by atoms with Crippen LogP contribution in [0.3, 0.4) is 0 Å². The first-order valence-corrected chi connectivity index (χ1v) is 5.59. The van der Waals surface area contributed by atoms with Crippen molar-refractivity contribution in [3.63, 3.8) is 0 Å². The Bertz CT molecular complexity index is 310. The smallest absolute Gasteiger partial charge is 0.138 e. The highest BCUT2D eigenvalue weighted by Gasteiger charge is 2.27. The van der Waals surface area contributed by atoms with Crippen LogP contribution in [-0.4, -0.2) is 17.6 Å². The van der Waals surface area contributed by atoms with E-state index in [1.54, 1.807) is 6.20 Å². The first kappa shape index (κ1) is 10.4. The van der Waals surface area contributed by atoms with Crippen molar-refractivity contribution >= 4 is 0 Å². The monoisotopic (exact) mass is 206 g/mol. The van der Waals surface area contributed by atoms with Crippen molar-refractivity contribution in [1.29, 1.82) is 0 Å². The summed E-state index contributed by atoms with van der Waals surface area (Å²) >= 11 is 0. The molecule has 0 aromatic carbocycles. The van der Waals surface area contributed by atoms with Crippen LogP contribution in [0.2, 0.25) is 0 Å². The molecule has 3 heteroatoms. The van der Waals surface area contributed by atoms with E-state index in [9.17, 15) is 0 Å². The van der Waals surface area contributed by atoms with Gasteiger partial charge in [-0.2, -0.15) is 0 Å². The molecule has 0 radical (unpaired) electrons. The maximum atomic E-state index is 5.89. The number of aromatic nitrogens is 1. The first-order chi connectivity index (χ1) is 7.29. The quantitative estimate of drug-likeness (QED) is 0.821. The van der Waals surface area contributed by atoms with Crippen molar-refractivity contribution < 1.29 is 4.74 Å². The van der Waals surface area contributed by atoms with E-state index in [4.69, 9.17) is 10.5 Å². The Morgan fingerprint density at radius 1 is 1.47 bits per heavy atom. The molecule has 1 fully saturated rings. The number of nitrogens with two attached hydrogens (primary N) is 1. The summed E-state index contributed by atoms with van der Waals surface area (Å²) in [5, 5.41) is 0. The van der Waals surface area contributed by atoms with Gasteiger partial charge in [-0.15, -0.1) is 0 Å². The predicted octanol–water partition coefficient (Wildman–Crippen LogP) is 1.90. The van der Waals surface area contributed by atoms with E-state index in [1.807, 2.05) is 19.1 Å². The molecular weight excluding hydrogens is 188 g/mol. The van der Waals surface area contributed by atoms with Crippen LogP contribution >= 0.6 is 0 Å². The number of pyridine rings is 1. The highest BCUT2D eigenvalue weighted by Crippen LogP contribution is 2.28. The minimum absolute atomic E-state index is 0.291. The van der Waals surface area contributed by atoms with E-state index in [1.165, 1.54) is 12.8 Å². The molecule has 2 unspecified atom stereocenters. The molecule has 15 heavy (non-hydrogen) atoms. The Morgan fingerprint density at radius 2 is 2.33 bits per heavy atom. The standard InChI is InChI=1S/C12H18N2O/c1-9-5-6-11(8-14-9)15-12-4-2-3-10(12)7-13/h5-6,8,10,12H,2-4,7,13H2,1H3. The number of hydrogen-bond donors (Lipinski definition) is 1. The lowest BCUT2D eigenvalue weighted by molar-refractivity contribution is 0.161. The predicted molar refractivity (Wildman–Crippen MR) is 59.8 cm³/mol. The van der Waals surface area contributed by atoms with Crippen LogP contribution < -0.4 is 10.5 Å². The second-order valence-electron chi connectivity index (χ2n) is 4.22. The van der Waals surface area contributed by atoms with Crippen molar-refractivity contribution in [2.24, 2.45) is 11.7 Å². The van der Waals surface area contributed by atoms with Crippen LogP contribution in [0.1, 0.15) is 25.0 Å². The Balaban J connectivity index is 1.99. The maximum absolute atomic E-state index is 5.89. The van der Waals surface area contributed by atoms with Crippen molar-refractivity contribution in [2.75, 3.05) is 6.54 Å². The second kappa shape index (κ2) is 4.62. The summed E-state index contributed by atoms with van der Waals surface area (Å²) in [6, 6.07) is 3.95. The average Bonchev–Trinajstić information content (AvgIpc) is 2.69. The molecule has 0 bridgehead atoms. The van der Waals surface area contributed by atoms with Gasteiger partial charge in [0.2, 0.25) is 0 Å². The van der Waals surface area contributed by atoms with Crippen LogP contribution in [0.4, 0.5) is 0 Å². The summed E-state index contributed by atoms with van der Waals surface area (Å²) in [6.45, 7) is 2.70. The molecule has 0 spiro atoms. The lowest BCUT2D eigenvalue weighted by Crippen LogP contribution is -2.27. The molecule has 1 saturated carbocycles. The molecule has 3 nitrogen and oxygen atoms in total. The Hall–Kier alpha value is -1.09. The van der Waals surface area contributed by atoms with Crippen LogP contribution in [-0.2, 0) is 0 Å². The van der Waals surface area contributed by atoms with E-state index < -0.39 is 0 Å². The van der Waals surface area contributed by atoms with Gasteiger partial charge < -0.3 is 10.5 Å². The van der Waals surface area contributed by atoms with Crippen LogP contribution in [0.25, 0.3) is 0 Å². The van der Waals surface area contributed by atoms with Gasteiger partial charge in [0.05, 0.1) is 6.20 Å².